The number of aromatic nitrogens is 4. The Bertz CT molecular complexity index is 508. The van der Waals surface area contributed by atoms with E-state index in [2.05, 4.69) is 15.0 Å². The molecule has 0 saturated heterocycles. The molecule has 0 spiro atoms. The Morgan fingerprint density at radius 1 is 1.41 bits per heavy atom. The summed E-state index contributed by atoms with van der Waals surface area (Å²) >= 11 is 0. The molecule has 0 atom stereocenters. The quantitative estimate of drug-likeness (QED) is 0.850. The summed E-state index contributed by atoms with van der Waals surface area (Å²) in [5.74, 6) is 2.65. The van der Waals surface area contributed by atoms with E-state index in [0.29, 0.717) is 18.2 Å². The van der Waals surface area contributed by atoms with Crippen molar-refractivity contribution >= 4 is 5.82 Å². The van der Waals surface area contributed by atoms with Crippen molar-refractivity contribution in [1.29, 1.82) is 0 Å². The molecule has 0 fully saturated rings. The average Bonchev–Trinajstić information content (AvgIpc) is 2.76. The monoisotopic (exact) mass is 233 g/mol. The smallest absolute Gasteiger partial charge is 0.158 e. The number of nitrogens with zero attached hydrogens (tertiary/aromatic N) is 4. The Morgan fingerprint density at radius 3 is 2.94 bits per heavy atom. The summed E-state index contributed by atoms with van der Waals surface area (Å²) in [6, 6.07) is 1.72. The van der Waals surface area contributed by atoms with Crippen LogP contribution < -0.4 is 5.73 Å². The number of hydrogen-bond donors (Lipinski definition) is 1. The molecule has 0 saturated carbocycles. The molecule has 0 radical (unpaired) electrons. The molecule has 17 heavy (non-hydrogen) atoms. The van der Waals surface area contributed by atoms with E-state index in [-0.39, 0.29) is 0 Å². The number of rotatable bonds is 4. The first-order valence-electron chi connectivity index (χ1n) is 5.39. The number of nitrogen functional groups attached to an aromatic ring is 1. The van der Waals surface area contributed by atoms with E-state index in [0.717, 1.165) is 18.1 Å². The number of anilines is 1. The number of hydrogen-bond acceptors (Lipinski definition) is 5. The van der Waals surface area contributed by atoms with E-state index in [9.17, 15) is 0 Å². The summed E-state index contributed by atoms with van der Waals surface area (Å²) in [5, 5.41) is 0. The van der Waals surface area contributed by atoms with E-state index in [1.165, 1.54) is 0 Å². The summed E-state index contributed by atoms with van der Waals surface area (Å²) in [6.45, 7) is 2.38. The van der Waals surface area contributed by atoms with Crippen molar-refractivity contribution in [2.24, 2.45) is 0 Å². The highest BCUT2D eigenvalue weighted by molar-refractivity contribution is 5.38. The van der Waals surface area contributed by atoms with Gasteiger partial charge in [0.1, 0.15) is 24.1 Å². The Hall–Kier alpha value is -1.95. The predicted molar refractivity (Wildman–Crippen MR) is 63.7 cm³/mol. The maximum absolute atomic E-state index is 5.75. The van der Waals surface area contributed by atoms with Crippen LogP contribution in [-0.4, -0.2) is 26.6 Å². The molecule has 0 aromatic carbocycles. The third-order valence-electron chi connectivity index (χ3n) is 2.33. The third-order valence-corrected chi connectivity index (χ3v) is 2.33. The zero-order valence-corrected chi connectivity index (χ0v) is 9.92. The Morgan fingerprint density at radius 2 is 2.24 bits per heavy atom. The molecule has 90 valence electrons. The summed E-state index contributed by atoms with van der Waals surface area (Å²) in [5.41, 5.74) is 5.75. The maximum atomic E-state index is 5.75. The molecule has 0 unspecified atom stereocenters. The van der Waals surface area contributed by atoms with Crippen molar-refractivity contribution in [3.05, 3.63) is 30.1 Å². The van der Waals surface area contributed by atoms with Gasteiger partial charge < -0.3 is 10.5 Å². The second-order valence-electron chi connectivity index (χ2n) is 3.57. The van der Waals surface area contributed by atoms with Gasteiger partial charge in [-0.15, -0.1) is 0 Å². The number of methoxy groups -OCH3 is 1. The summed E-state index contributed by atoms with van der Waals surface area (Å²) in [6.07, 6.45) is 4.43. The van der Waals surface area contributed by atoms with Crippen molar-refractivity contribution in [3.8, 4) is 5.82 Å². The van der Waals surface area contributed by atoms with Gasteiger partial charge in [0.2, 0.25) is 0 Å². The van der Waals surface area contributed by atoms with Crippen molar-refractivity contribution in [2.45, 2.75) is 20.0 Å². The second kappa shape index (κ2) is 4.92. The molecule has 2 rings (SSSR count). The fourth-order valence-electron chi connectivity index (χ4n) is 1.62. The molecular weight excluding hydrogens is 218 g/mol. The molecular formula is C11H15N5O. The highest BCUT2D eigenvalue weighted by atomic mass is 16.5. The SMILES string of the molecule is CCc1nccn1-c1cc(N)nc(COC)n1. The molecule has 6 nitrogen and oxygen atoms in total. The molecule has 0 aliphatic heterocycles. The van der Waals surface area contributed by atoms with Crippen LogP contribution in [0.3, 0.4) is 0 Å². The first-order valence-corrected chi connectivity index (χ1v) is 5.39. The average molecular weight is 233 g/mol. The normalized spacial score (nSPS) is 10.7. The van der Waals surface area contributed by atoms with Gasteiger partial charge >= 0.3 is 0 Å². The fraction of sp³-hybridized carbons (Fsp3) is 0.364. The minimum absolute atomic E-state index is 0.341. The molecule has 6 heteroatoms. The van der Waals surface area contributed by atoms with Gasteiger partial charge in [-0.25, -0.2) is 15.0 Å². The highest BCUT2D eigenvalue weighted by Gasteiger charge is 2.07. The van der Waals surface area contributed by atoms with E-state index in [1.807, 2.05) is 17.7 Å². The first-order chi connectivity index (χ1) is 8.24. The Balaban J connectivity index is 2.44. The van der Waals surface area contributed by atoms with Crippen LogP contribution >= 0.6 is 0 Å². The summed E-state index contributed by atoms with van der Waals surface area (Å²) in [4.78, 5) is 12.7. The number of imidazole rings is 1. The Labute approximate surface area is 99.5 Å². The van der Waals surface area contributed by atoms with Crippen LogP contribution in [0.15, 0.2) is 18.5 Å². The van der Waals surface area contributed by atoms with E-state index in [4.69, 9.17) is 10.5 Å². The van der Waals surface area contributed by atoms with E-state index in [1.54, 1.807) is 19.4 Å². The van der Waals surface area contributed by atoms with Crippen molar-refractivity contribution in [3.63, 3.8) is 0 Å². The molecule has 0 amide bonds. The van der Waals surface area contributed by atoms with Gasteiger partial charge in [0.05, 0.1) is 0 Å². The number of nitrogens with two attached hydrogens (primary N) is 1. The molecule has 0 bridgehead atoms. The molecule has 2 aromatic heterocycles. The lowest BCUT2D eigenvalue weighted by molar-refractivity contribution is 0.178. The largest absolute Gasteiger partial charge is 0.384 e. The lowest BCUT2D eigenvalue weighted by Crippen LogP contribution is -2.08. The van der Waals surface area contributed by atoms with Gasteiger partial charge in [0.15, 0.2) is 5.82 Å². The highest BCUT2D eigenvalue weighted by Crippen LogP contribution is 2.12. The number of aryl methyl sites for hydroxylation is 1. The zero-order valence-electron chi connectivity index (χ0n) is 9.92. The van der Waals surface area contributed by atoms with Gasteiger partial charge in [0.25, 0.3) is 0 Å². The van der Waals surface area contributed by atoms with Crippen LogP contribution in [0.5, 0.6) is 0 Å². The second-order valence-corrected chi connectivity index (χ2v) is 3.57. The minimum Gasteiger partial charge on any atom is -0.384 e. The summed E-state index contributed by atoms with van der Waals surface area (Å²) < 4.78 is 6.91. The molecule has 2 heterocycles. The lowest BCUT2D eigenvalue weighted by atomic mass is 10.4. The molecule has 0 aliphatic carbocycles. The topological polar surface area (TPSA) is 78.9 Å². The maximum Gasteiger partial charge on any atom is 0.158 e. The van der Waals surface area contributed by atoms with Crippen LogP contribution in [0.1, 0.15) is 18.6 Å². The van der Waals surface area contributed by atoms with Gasteiger partial charge in [-0.1, -0.05) is 6.92 Å². The van der Waals surface area contributed by atoms with Gasteiger partial charge in [-0.2, -0.15) is 0 Å². The zero-order chi connectivity index (χ0) is 12.3. The van der Waals surface area contributed by atoms with Gasteiger partial charge in [-0.3, -0.25) is 4.57 Å². The van der Waals surface area contributed by atoms with Gasteiger partial charge in [-0.05, 0) is 0 Å². The number of ether oxygens (including phenoxy) is 1. The van der Waals surface area contributed by atoms with Gasteiger partial charge in [0, 0.05) is 32.0 Å². The Kier molecular flexibility index (Phi) is 3.34. The van der Waals surface area contributed by atoms with Crippen LogP contribution in [-0.2, 0) is 17.8 Å². The molecule has 0 aliphatic rings. The van der Waals surface area contributed by atoms with Crippen molar-refractivity contribution in [2.75, 3.05) is 12.8 Å². The molecule has 2 N–H and O–H groups in total. The third kappa shape index (κ3) is 2.42. The summed E-state index contributed by atoms with van der Waals surface area (Å²) in [7, 11) is 1.60. The van der Waals surface area contributed by atoms with Crippen LogP contribution in [0, 0.1) is 0 Å². The fourth-order valence-corrected chi connectivity index (χ4v) is 1.62. The molecule has 2 aromatic rings. The van der Waals surface area contributed by atoms with Crippen molar-refractivity contribution < 1.29 is 4.74 Å². The van der Waals surface area contributed by atoms with Crippen LogP contribution in [0.2, 0.25) is 0 Å². The van der Waals surface area contributed by atoms with E-state index >= 15 is 0 Å². The van der Waals surface area contributed by atoms with Crippen LogP contribution in [0.25, 0.3) is 5.82 Å². The minimum atomic E-state index is 0.341. The standard InChI is InChI=1S/C11H15N5O/c1-3-10-13-4-5-16(10)11-6-8(12)14-9(15-11)7-17-2/h4-6H,3,7H2,1-2H3,(H2,12,14,15). The van der Waals surface area contributed by atoms with Crippen LogP contribution in [0.4, 0.5) is 5.82 Å². The van der Waals surface area contributed by atoms with E-state index < -0.39 is 0 Å². The van der Waals surface area contributed by atoms with Crippen molar-refractivity contribution in [1.82, 2.24) is 19.5 Å². The first kappa shape index (κ1) is 11.5. The predicted octanol–water partition coefficient (Wildman–Crippen LogP) is 0.953. The lowest BCUT2D eigenvalue weighted by Gasteiger charge is -2.08.